The van der Waals surface area contributed by atoms with Gasteiger partial charge < -0.3 is 10.8 Å². The molecule has 0 aliphatic heterocycles. The van der Waals surface area contributed by atoms with E-state index in [1.54, 1.807) is 0 Å². The van der Waals surface area contributed by atoms with Crippen molar-refractivity contribution in [2.45, 2.75) is 77.6 Å². The quantitative estimate of drug-likeness (QED) is 0.398. The van der Waals surface area contributed by atoms with Gasteiger partial charge in [0.2, 0.25) is 5.91 Å². The van der Waals surface area contributed by atoms with Crippen LogP contribution in [0.3, 0.4) is 0 Å². The molecule has 0 aromatic rings. The van der Waals surface area contributed by atoms with Crippen LogP contribution in [0.5, 0.6) is 0 Å². The van der Waals surface area contributed by atoms with E-state index in [1.807, 2.05) is 0 Å². The maximum absolute atomic E-state index is 10.9. The van der Waals surface area contributed by atoms with E-state index >= 15 is 0 Å². The van der Waals surface area contributed by atoms with Crippen LogP contribution in [0.2, 0.25) is 0 Å². The summed E-state index contributed by atoms with van der Waals surface area (Å²) in [6, 6.07) is 0. The van der Waals surface area contributed by atoms with E-state index in [-0.39, 0.29) is 5.57 Å². The zero-order valence-corrected chi connectivity index (χ0v) is 12.7. The third kappa shape index (κ3) is 11.8. The van der Waals surface area contributed by atoms with Crippen LogP contribution in [0.1, 0.15) is 77.6 Å². The Kier molecular flexibility index (Phi) is 11.9. The topological polar surface area (TPSA) is 80.4 Å². The molecular formula is C16H29NO3. The minimum Gasteiger partial charge on any atom is -0.478 e. The zero-order chi connectivity index (χ0) is 15.2. The van der Waals surface area contributed by atoms with Gasteiger partial charge in [0.05, 0.1) is 0 Å². The molecule has 116 valence electrons. The number of nitrogens with two attached hydrogens (primary N) is 1. The predicted octanol–water partition coefficient (Wildman–Crippen LogP) is 3.79. The largest absolute Gasteiger partial charge is 0.478 e. The lowest BCUT2D eigenvalue weighted by Crippen LogP contribution is -2.11. The molecule has 0 saturated heterocycles. The Hall–Kier alpha value is -1.32. The van der Waals surface area contributed by atoms with Crippen LogP contribution in [-0.2, 0) is 9.59 Å². The molecule has 4 heteroatoms. The molecule has 0 heterocycles. The Morgan fingerprint density at radius 1 is 0.900 bits per heavy atom. The van der Waals surface area contributed by atoms with Crippen molar-refractivity contribution in [1.82, 2.24) is 0 Å². The van der Waals surface area contributed by atoms with Crippen molar-refractivity contribution in [1.29, 1.82) is 0 Å². The Labute approximate surface area is 122 Å². The molecule has 0 aromatic heterocycles. The summed E-state index contributed by atoms with van der Waals surface area (Å²) < 4.78 is 0. The molecule has 0 fully saturated rings. The third-order valence-electron chi connectivity index (χ3n) is 3.39. The normalized spacial score (nSPS) is 11.6. The number of amides is 1. The second kappa shape index (κ2) is 12.7. The average molecular weight is 283 g/mol. The number of rotatable bonds is 13. The van der Waals surface area contributed by atoms with Crippen LogP contribution in [0.4, 0.5) is 0 Å². The number of unbranched alkanes of at least 4 members (excludes halogenated alkanes) is 9. The van der Waals surface area contributed by atoms with Crippen molar-refractivity contribution in [2.75, 3.05) is 0 Å². The first-order chi connectivity index (χ1) is 9.57. The van der Waals surface area contributed by atoms with E-state index in [0.717, 1.165) is 25.3 Å². The van der Waals surface area contributed by atoms with E-state index in [2.05, 4.69) is 6.92 Å². The molecule has 0 aromatic carbocycles. The number of carboxylic acids is 1. The minimum atomic E-state index is -1.04. The highest BCUT2D eigenvalue weighted by atomic mass is 16.4. The number of carbonyl (C=O) groups is 2. The molecule has 3 N–H and O–H groups in total. The minimum absolute atomic E-state index is 0.122. The van der Waals surface area contributed by atoms with Crippen molar-refractivity contribution in [3.8, 4) is 0 Å². The summed E-state index contributed by atoms with van der Waals surface area (Å²) in [5.41, 5.74) is 5.09. The fraction of sp³-hybridized carbons (Fsp3) is 0.750. The summed E-state index contributed by atoms with van der Waals surface area (Å²) >= 11 is 0. The highest BCUT2D eigenvalue weighted by molar-refractivity contribution is 5.96. The first-order valence-electron chi connectivity index (χ1n) is 7.81. The Morgan fingerprint density at radius 3 is 1.75 bits per heavy atom. The summed E-state index contributed by atoms with van der Waals surface area (Å²) in [5.74, 6) is -1.73. The number of aliphatic carboxylic acids is 1. The fourth-order valence-corrected chi connectivity index (χ4v) is 2.22. The molecular weight excluding hydrogens is 254 g/mol. The lowest BCUT2D eigenvalue weighted by Gasteiger charge is -2.03. The summed E-state index contributed by atoms with van der Waals surface area (Å²) in [6.45, 7) is 2.22. The zero-order valence-electron chi connectivity index (χ0n) is 12.7. The van der Waals surface area contributed by atoms with Gasteiger partial charge in [0.15, 0.2) is 0 Å². The van der Waals surface area contributed by atoms with E-state index in [1.165, 1.54) is 44.9 Å². The number of hydrogen-bond acceptors (Lipinski definition) is 2. The predicted molar refractivity (Wildman–Crippen MR) is 81.4 cm³/mol. The van der Waals surface area contributed by atoms with Crippen molar-refractivity contribution in [3.05, 3.63) is 11.6 Å². The van der Waals surface area contributed by atoms with Crippen molar-refractivity contribution in [2.24, 2.45) is 5.73 Å². The SMILES string of the molecule is CCCCCCCCCCCC/C(=C/C(N)=O)C(=O)O. The molecule has 0 spiro atoms. The molecule has 0 aliphatic rings. The highest BCUT2D eigenvalue weighted by Gasteiger charge is 2.07. The molecule has 0 saturated carbocycles. The molecule has 0 aliphatic carbocycles. The number of carboxylic acid groups (broad SMARTS) is 1. The first-order valence-corrected chi connectivity index (χ1v) is 7.81. The maximum atomic E-state index is 10.9. The van der Waals surface area contributed by atoms with Crippen LogP contribution in [0.25, 0.3) is 0 Å². The fourth-order valence-electron chi connectivity index (χ4n) is 2.22. The van der Waals surface area contributed by atoms with Crippen LogP contribution in [0.15, 0.2) is 11.6 Å². The molecule has 0 rings (SSSR count). The molecule has 0 bridgehead atoms. The molecule has 0 radical (unpaired) electrons. The van der Waals surface area contributed by atoms with Gasteiger partial charge in [-0.05, 0) is 12.8 Å². The summed E-state index contributed by atoms with van der Waals surface area (Å²) in [6.07, 6.45) is 13.5. The smallest absolute Gasteiger partial charge is 0.331 e. The standard InChI is InChI=1S/C16H29NO3/c1-2-3-4-5-6-7-8-9-10-11-12-14(16(19)20)13-15(17)18/h13H,2-12H2,1H3,(H2,17,18)(H,19,20)/b14-13-. The van der Waals surface area contributed by atoms with Gasteiger partial charge in [-0.2, -0.15) is 0 Å². The van der Waals surface area contributed by atoms with E-state index in [9.17, 15) is 9.59 Å². The number of primary amides is 1. The van der Waals surface area contributed by atoms with E-state index < -0.39 is 11.9 Å². The second-order valence-electron chi connectivity index (χ2n) is 5.31. The Bertz CT molecular complexity index is 311. The van der Waals surface area contributed by atoms with Crippen molar-refractivity contribution in [3.63, 3.8) is 0 Å². The van der Waals surface area contributed by atoms with Gasteiger partial charge in [0.1, 0.15) is 0 Å². The van der Waals surface area contributed by atoms with Crippen LogP contribution in [-0.4, -0.2) is 17.0 Å². The van der Waals surface area contributed by atoms with Gasteiger partial charge in [0.25, 0.3) is 0 Å². The van der Waals surface area contributed by atoms with Crippen LogP contribution < -0.4 is 5.73 Å². The van der Waals surface area contributed by atoms with E-state index in [4.69, 9.17) is 10.8 Å². The molecule has 0 atom stereocenters. The van der Waals surface area contributed by atoms with Crippen LogP contribution in [0, 0.1) is 0 Å². The molecule has 4 nitrogen and oxygen atoms in total. The average Bonchev–Trinajstić information content (AvgIpc) is 2.39. The first kappa shape index (κ1) is 18.7. The lowest BCUT2D eigenvalue weighted by atomic mass is 10.0. The Morgan fingerprint density at radius 2 is 1.35 bits per heavy atom. The molecule has 0 unspecified atom stereocenters. The van der Waals surface area contributed by atoms with Gasteiger partial charge >= 0.3 is 5.97 Å². The van der Waals surface area contributed by atoms with Crippen LogP contribution >= 0.6 is 0 Å². The van der Waals surface area contributed by atoms with Gasteiger partial charge in [-0.25, -0.2) is 4.79 Å². The number of hydrogen-bond donors (Lipinski definition) is 2. The maximum Gasteiger partial charge on any atom is 0.331 e. The number of carbonyl (C=O) groups excluding carboxylic acids is 1. The van der Waals surface area contributed by atoms with E-state index in [0.29, 0.717) is 6.42 Å². The Balaban J connectivity index is 3.51. The summed E-state index contributed by atoms with van der Waals surface area (Å²) in [5, 5.41) is 8.89. The van der Waals surface area contributed by atoms with Crippen molar-refractivity contribution >= 4 is 11.9 Å². The monoisotopic (exact) mass is 283 g/mol. The third-order valence-corrected chi connectivity index (χ3v) is 3.39. The van der Waals surface area contributed by atoms with Gasteiger partial charge in [-0.1, -0.05) is 64.7 Å². The summed E-state index contributed by atoms with van der Waals surface area (Å²) in [7, 11) is 0. The summed E-state index contributed by atoms with van der Waals surface area (Å²) in [4.78, 5) is 21.5. The second-order valence-corrected chi connectivity index (χ2v) is 5.31. The highest BCUT2D eigenvalue weighted by Crippen LogP contribution is 2.13. The van der Waals surface area contributed by atoms with Gasteiger partial charge in [0, 0.05) is 11.6 Å². The lowest BCUT2D eigenvalue weighted by molar-refractivity contribution is -0.133. The molecule has 20 heavy (non-hydrogen) atoms. The van der Waals surface area contributed by atoms with Crippen molar-refractivity contribution < 1.29 is 14.7 Å². The van der Waals surface area contributed by atoms with Gasteiger partial charge in [-0.15, -0.1) is 0 Å². The molecule has 1 amide bonds. The van der Waals surface area contributed by atoms with Gasteiger partial charge in [-0.3, -0.25) is 4.79 Å².